The van der Waals surface area contributed by atoms with Gasteiger partial charge < -0.3 is 0 Å². The third kappa shape index (κ3) is 2.11. The molecule has 0 aliphatic heterocycles. The molecule has 0 amide bonds. The lowest BCUT2D eigenvalue weighted by Crippen LogP contribution is -2.05. The van der Waals surface area contributed by atoms with Crippen LogP contribution in [0.4, 0.5) is 14.5 Å². The van der Waals surface area contributed by atoms with Crippen LogP contribution < -0.4 is 0 Å². The van der Waals surface area contributed by atoms with E-state index in [4.69, 9.17) is 5.26 Å². The smallest absolute Gasteiger partial charge is 0.258 e. The number of alkyl halides is 2. The summed E-state index contributed by atoms with van der Waals surface area (Å²) < 4.78 is 25.4. The lowest BCUT2D eigenvalue weighted by Gasteiger charge is -2.08. The van der Waals surface area contributed by atoms with Gasteiger partial charge in [0.25, 0.3) is 12.1 Å². The maximum atomic E-state index is 12.7. The number of aromatic nitrogens is 1. The summed E-state index contributed by atoms with van der Waals surface area (Å²) in [5.41, 5.74) is -1.31. The van der Waals surface area contributed by atoms with Crippen molar-refractivity contribution < 1.29 is 13.7 Å². The van der Waals surface area contributed by atoms with Crippen LogP contribution in [0, 0.1) is 28.4 Å². The van der Waals surface area contributed by atoms with Crippen molar-refractivity contribution in [2.45, 2.75) is 19.8 Å². The average molecular weight is 227 g/mol. The second-order valence-corrected chi connectivity index (χ2v) is 3.01. The molecule has 0 fully saturated rings. The highest BCUT2D eigenvalue weighted by molar-refractivity contribution is 5.47. The molecule has 0 bridgehead atoms. The predicted octanol–water partition coefficient (Wildman–Crippen LogP) is 2.30. The van der Waals surface area contributed by atoms with Crippen LogP contribution in [0.5, 0.6) is 0 Å². The molecule has 0 aliphatic carbocycles. The molecule has 84 valence electrons. The quantitative estimate of drug-likeness (QED) is 0.586. The van der Waals surface area contributed by atoms with Crippen molar-refractivity contribution in [1.29, 1.82) is 5.26 Å². The Kier molecular flexibility index (Phi) is 3.45. The highest BCUT2D eigenvalue weighted by Crippen LogP contribution is 2.31. The highest BCUT2D eigenvalue weighted by Gasteiger charge is 2.25. The monoisotopic (exact) mass is 227 g/mol. The van der Waals surface area contributed by atoms with Gasteiger partial charge in [-0.05, 0) is 6.92 Å². The van der Waals surface area contributed by atoms with Crippen LogP contribution >= 0.6 is 0 Å². The van der Waals surface area contributed by atoms with E-state index >= 15 is 0 Å². The predicted molar refractivity (Wildman–Crippen MR) is 49.9 cm³/mol. The molecule has 0 radical (unpaired) electrons. The Bertz CT molecular complexity index is 469. The molecular weight excluding hydrogens is 220 g/mol. The minimum atomic E-state index is -2.88. The van der Waals surface area contributed by atoms with Gasteiger partial charge in [0.05, 0.1) is 28.5 Å². The molecule has 0 saturated carbocycles. The maximum Gasteiger partial charge on any atom is 0.292 e. The van der Waals surface area contributed by atoms with Gasteiger partial charge in [-0.25, -0.2) is 8.78 Å². The van der Waals surface area contributed by atoms with Gasteiger partial charge in [-0.3, -0.25) is 15.1 Å². The molecule has 1 rings (SSSR count). The fourth-order valence-corrected chi connectivity index (χ4v) is 1.37. The van der Waals surface area contributed by atoms with E-state index in [-0.39, 0.29) is 11.3 Å². The van der Waals surface area contributed by atoms with Crippen molar-refractivity contribution in [1.82, 2.24) is 4.98 Å². The van der Waals surface area contributed by atoms with Crippen LogP contribution in [0.1, 0.15) is 23.2 Å². The van der Waals surface area contributed by atoms with Crippen LogP contribution in [-0.4, -0.2) is 9.91 Å². The Balaban J connectivity index is 3.50. The third-order valence-electron chi connectivity index (χ3n) is 2.08. The van der Waals surface area contributed by atoms with E-state index in [2.05, 4.69) is 4.98 Å². The molecule has 0 unspecified atom stereocenters. The molecule has 1 heterocycles. The fourth-order valence-electron chi connectivity index (χ4n) is 1.37. The van der Waals surface area contributed by atoms with Gasteiger partial charge in [0.15, 0.2) is 0 Å². The minimum absolute atomic E-state index is 0.00542. The normalized spacial score (nSPS) is 10.2. The number of halogens is 2. The molecule has 0 aliphatic rings. The van der Waals surface area contributed by atoms with Crippen molar-refractivity contribution in [2.24, 2.45) is 0 Å². The first-order chi connectivity index (χ1) is 7.49. The lowest BCUT2D eigenvalue weighted by atomic mass is 10.0. The first-order valence-corrected chi connectivity index (χ1v) is 4.27. The summed E-state index contributed by atoms with van der Waals surface area (Å²) in [5, 5.41) is 19.1. The highest BCUT2D eigenvalue weighted by atomic mass is 19.3. The molecule has 0 aromatic carbocycles. The zero-order valence-corrected chi connectivity index (χ0v) is 8.28. The summed E-state index contributed by atoms with van der Waals surface area (Å²) in [5.74, 6) is 0. The number of hydrogen-bond acceptors (Lipinski definition) is 4. The molecule has 5 nitrogen and oxygen atoms in total. The molecule has 16 heavy (non-hydrogen) atoms. The van der Waals surface area contributed by atoms with Gasteiger partial charge in [0, 0.05) is 5.69 Å². The molecule has 0 spiro atoms. The molecule has 1 aromatic heterocycles. The first-order valence-electron chi connectivity index (χ1n) is 4.27. The van der Waals surface area contributed by atoms with Crippen molar-refractivity contribution in [2.75, 3.05) is 0 Å². The Morgan fingerprint density at radius 2 is 2.31 bits per heavy atom. The molecule has 0 atom stereocenters. The maximum absolute atomic E-state index is 12.7. The van der Waals surface area contributed by atoms with E-state index in [0.717, 1.165) is 6.20 Å². The van der Waals surface area contributed by atoms with Crippen molar-refractivity contribution in [3.05, 3.63) is 33.1 Å². The van der Waals surface area contributed by atoms with Crippen LogP contribution in [-0.2, 0) is 6.42 Å². The van der Waals surface area contributed by atoms with Crippen LogP contribution in [0.2, 0.25) is 0 Å². The molecule has 0 saturated heterocycles. The largest absolute Gasteiger partial charge is 0.292 e. The summed E-state index contributed by atoms with van der Waals surface area (Å²) in [4.78, 5) is 13.3. The summed E-state index contributed by atoms with van der Waals surface area (Å²) in [6, 6.07) is 1.64. The number of pyridine rings is 1. The number of hydrogen-bond donors (Lipinski definition) is 0. The summed E-state index contributed by atoms with van der Waals surface area (Å²) in [6.07, 6.45) is -2.41. The Morgan fingerprint density at radius 3 is 2.75 bits per heavy atom. The summed E-state index contributed by atoms with van der Waals surface area (Å²) in [6.45, 7) is 1.33. The Morgan fingerprint density at radius 1 is 1.69 bits per heavy atom. The van der Waals surface area contributed by atoms with Gasteiger partial charge >= 0.3 is 0 Å². The molecule has 1 aromatic rings. The third-order valence-corrected chi connectivity index (χ3v) is 2.08. The van der Waals surface area contributed by atoms with Crippen LogP contribution in [0.25, 0.3) is 0 Å². The fraction of sp³-hybridized carbons (Fsp3) is 0.333. The van der Waals surface area contributed by atoms with Crippen molar-refractivity contribution >= 4 is 5.69 Å². The molecular formula is C9H7F2N3O2. The number of aryl methyl sites for hydroxylation is 1. The average Bonchev–Trinajstić information content (AvgIpc) is 2.17. The van der Waals surface area contributed by atoms with E-state index in [0.29, 0.717) is 0 Å². The van der Waals surface area contributed by atoms with E-state index in [1.54, 1.807) is 6.07 Å². The van der Waals surface area contributed by atoms with Gasteiger partial charge in [-0.1, -0.05) is 0 Å². The zero-order valence-electron chi connectivity index (χ0n) is 8.28. The minimum Gasteiger partial charge on any atom is -0.258 e. The first kappa shape index (κ1) is 12.0. The van der Waals surface area contributed by atoms with Crippen molar-refractivity contribution in [3.8, 4) is 6.07 Å². The second-order valence-electron chi connectivity index (χ2n) is 3.01. The summed E-state index contributed by atoms with van der Waals surface area (Å²) in [7, 11) is 0. The van der Waals surface area contributed by atoms with E-state index in [1.165, 1.54) is 6.92 Å². The van der Waals surface area contributed by atoms with Gasteiger partial charge in [0.2, 0.25) is 0 Å². The zero-order chi connectivity index (χ0) is 12.3. The SMILES string of the molecule is Cc1ncc([N+](=O)[O-])c(CC#N)c1C(F)F. The van der Waals surface area contributed by atoms with Crippen LogP contribution in [0.15, 0.2) is 6.20 Å². The standard InChI is InChI=1S/C9H7F2N3O2/c1-5-8(9(10)11)6(2-3-12)7(4-13-5)14(15)16/h4,9H,2H2,1H3. The number of rotatable bonds is 3. The van der Waals surface area contributed by atoms with E-state index < -0.39 is 29.0 Å². The number of nitriles is 1. The molecule has 7 heteroatoms. The number of nitro groups is 1. The van der Waals surface area contributed by atoms with E-state index in [9.17, 15) is 18.9 Å². The van der Waals surface area contributed by atoms with E-state index in [1.807, 2.05) is 0 Å². The summed E-state index contributed by atoms with van der Waals surface area (Å²) >= 11 is 0. The van der Waals surface area contributed by atoms with Gasteiger partial charge in [0.1, 0.15) is 6.20 Å². The lowest BCUT2D eigenvalue weighted by molar-refractivity contribution is -0.385. The van der Waals surface area contributed by atoms with Crippen molar-refractivity contribution in [3.63, 3.8) is 0 Å². The second kappa shape index (κ2) is 4.61. The van der Waals surface area contributed by atoms with Gasteiger partial charge in [-0.15, -0.1) is 0 Å². The van der Waals surface area contributed by atoms with Gasteiger partial charge in [-0.2, -0.15) is 5.26 Å². The van der Waals surface area contributed by atoms with Crippen LogP contribution in [0.3, 0.4) is 0 Å². The Hall–Kier alpha value is -2.10. The number of nitrogens with zero attached hydrogens (tertiary/aromatic N) is 3. The molecule has 0 N–H and O–H groups in total. The Labute approximate surface area is 89.5 Å². The topological polar surface area (TPSA) is 79.8 Å².